The number of amides is 1. The van der Waals surface area contributed by atoms with Crippen LogP contribution in [0, 0.1) is 6.92 Å². The molecule has 0 atom stereocenters. The number of rotatable bonds is 6. The molecular formula is C20H23ClN8O2. The lowest BCUT2D eigenvalue weighted by atomic mass is 10.2. The Hall–Kier alpha value is -3.24. The van der Waals surface area contributed by atoms with Crippen LogP contribution in [0.15, 0.2) is 28.8 Å². The molecule has 0 unspecified atom stereocenters. The average Bonchev–Trinajstić information content (AvgIpc) is 3.25. The SMILES string of the molecule is CCc1nc(Nc2ncc(C(=O)Nc3c(C)cccc3Cl)o2)nc(N2CCNCC2)n1. The van der Waals surface area contributed by atoms with Crippen molar-refractivity contribution in [1.82, 2.24) is 25.3 Å². The molecule has 0 bridgehead atoms. The second kappa shape index (κ2) is 9.27. The zero-order valence-corrected chi connectivity index (χ0v) is 18.0. The molecule has 1 aliphatic heterocycles. The summed E-state index contributed by atoms with van der Waals surface area (Å²) in [5.41, 5.74) is 1.38. The number of oxazole rings is 1. The fourth-order valence-electron chi connectivity index (χ4n) is 3.13. The van der Waals surface area contributed by atoms with Gasteiger partial charge in [-0.3, -0.25) is 10.1 Å². The number of aryl methyl sites for hydroxylation is 2. The first-order chi connectivity index (χ1) is 15.0. The summed E-state index contributed by atoms with van der Waals surface area (Å²) in [6.45, 7) is 7.22. The molecule has 1 amide bonds. The summed E-state index contributed by atoms with van der Waals surface area (Å²) in [4.78, 5) is 32.2. The number of nitrogens with zero attached hydrogens (tertiary/aromatic N) is 5. The van der Waals surface area contributed by atoms with Crippen molar-refractivity contribution in [3.8, 4) is 0 Å². The van der Waals surface area contributed by atoms with Crippen LogP contribution in [0.3, 0.4) is 0 Å². The van der Waals surface area contributed by atoms with Crippen LogP contribution in [0.5, 0.6) is 0 Å². The molecule has 1 fully saturated rings. The van der Waals surface area contributed by atoms with Crippen LogP contribution in [0.4, 0.5) is 23.6 Å². The summed E-state index contributed by atoms with van der Waals surface area (Å²) < 4.78 is 5.56. The second-order valence-corrected chi connectivity index (χ2v) is 7.41. The number of halogens is 1. The maximum atomic E-state index is 12.6. The molecule has 3 heterocycles. The van der Waals surface area contributed by atoms with Gasteiger partial charge in [-0.15, -0.1) is 0 Å². The molecule has 162 valence electrons. The fraction of sp³-hybridized carbons (Fsp3) is 0.350. The van der Waals surface area contributed by atoms with E-state index in [0.717, 1.165) is 31.7 Å². The van der Waals surface area contributed by atoms with Gasteiger partial charge in [-0.2, -0.15) is 15.0 Å². The minimum atomic E-state index is -0.455. The number of para-hydroxylation sites is 1. The Morgan fingerprint density at radius 2 is 2.06 bits per heavy atom. The minimum absolute atomic E-state index is 0.0360. The third kappa shape index (κ3) is 4.92. The Kier molecular flexibility index (Phi) is 6.28. The third-order valence-electron chi connectivity index (χ3n) is 4.79. The molecule has 1 aliphatic rings. The number of hydrogen-bond donors (Lipinski definition) is 3. The number of carbonyl (C=O) groups excluding carboxylic acids is 1. The molecule has 4 rings (SSSR count). The van der Waals surface area contributed by atoms with E-state index in [1.807, 2.05) is 26.0 Å². The molecule has 3 N–H and O–H groups in total. The van der Waals surface area contributed by atoms with Gasteiger partial charge in [0, 0.05) is 32.6 Å². The molecule has 2 aromatic heterocycles. The summed E-state index contributed by atoms with van der Waals surface area (Å²) in [7, 11) is 0. The lowest BCUT2D eigenvalue weighted by Crippen LogP contribution is -2.44. The topological polar surface area (TPSA) is 121 Å². The van der Waals surface area contributed by atoms with Crippen molar-refractivity contribution in [2.24, 2.45) is 0 Å². The molecule has 0 saturated carbocycles. The Morgan fingerprint density at radius 1 is 1.26 bits per heavy atom. The third-order valence-corrected chi connectivity index (χ3v) is 5.11. The maximum absolute atomic E-state index is 12.6. The summed E-state index contributed by atoms with van der Waals surface area (Å²) in [6.07, 6.45) is 2.00. The highest BCUT2D eigenvalue weighted by molar-refractivity contribution is 6.34. The summed E-state index contributed by atoms with van der Waals surface area (Å²) in [6, 6.07) is 5.49. The fourth-order valence-corrected chi connectivity index (χ4v) is 3.39. The molecule has 0 spiro atoms. The van der Waals surface area contributed by atoms with Crippen LogP contribution in [0.2, 0.25) is 5.02 Å². The predicted molar refractivity (Wildman–Crippen MR) is 118 cm³/mol. The van der Waals surface area contributed by atoms with Gasteiger partial charge >= 0.3 is 6.01 Å². The van der Waals surface area contributed by atoms with Crippen molar-refractivity contribution in [3.63, 3.8) is 0 Å². The van der Waals surface area contributed by atoms with E-state index in [0.29, 0.717) is 34.9 Å². The molecule has 0 radical (unpaired) electrons. The van der Waals surface area contributed by atoms with Crippen LogP contribution >= 0.6 is 11.6 Å². The highest BCUT2D eigenvalue weighted by atomic mass is 35.5. The van der Waals surface area contributed by atoms with Crippen LogP contribution < -0.4 is 20.9 Å². The lowest BCUT2D eigenvalue weighted by molar-refractivity contribution is 0.0997. The molecular weight excluding hydrogens is 420 g/mol. The summed E-state index contributed by atoms with van der Waals surface area (Å²) in [5.74, 6) is 1.16. The quantitative estimate of drug-likeness (QED) is 0.528. The van der Waals surface area contributed by atoms with E-state index in [1.165, 1.54) is 6.20 Å². The van der Waals surface area contributed by atoms with Gasteiger partial charge < -0.3 is 20.0 Å². The van der Waals surface area contributed by atoms with Crippen LogP contribution in [0.25, 0.3) is 0 Å². The van der Waals surface area contributed by atoms with Gasteiger partial charge in [0.15, 0.2) is 0 Å². The molecule has 3 aromatic rings. The standard InChI is InChI=1S/C20H23ClN8O2/c1-3-15-24-18(27-19(25-15)29-9-7-22-8-10-29)28-20-23-11-14(31-20)17(30)26-16-12(2)5-4-6-13(16)21/h4-6,11,22H,3,7-10H2,1-2H3,(H,26,30)(H,23,24,25,27,28). The van der Waals surface area contributed by atoms with E-state index < -0.39 is 5.91 Å². The number of aromatic nitrogens is 4. The van der Waals surface area contributed by atoms with Crippen LogP contribution in [-0.4, -0.2) is 52.0 Å². The number of carbonyl (C=O) groups is 1. The normalized spacial score (nSPS) is 13.8. The lowest BCUT2D eigenvalue weighted by Gasteiger charge is -2.27. The molecule has 0 aliphatic carbocycles. The van der Waals surface area contributed by atoms with E-state index in [-0.39, 0.29) is 11.8 Å². The Bertz CT molecular complexity index is 1060. The first kappa shape index (κ1) is 21.0. The molecule has 11 heteroatoms. The zero-order valence-electron chi connectivity index (χ0n) is 17.3. The van der Waals surface area contributed by atoms with Gasteiger partial charge in [-0.05, 0) is 18.6 Å². The average molecular weight is 443 g/mol. The van der Waals surface area contributed by atoms with Gasteiger partial charge in [0.25, 0.3) is 5.91 Å². The maximum Gasteiger partial charge on any atom is 0.302 e. The largest absolute Gasteiger partial charge is 0.418 e. The van der Waals surface area contributed by atoms with Gasteiger partial charge in [0.1, 0.15) is 5.82 Å². The van der Waals surface area contributed by atoms with Crippen molar-refractivity contribution in [1.29, 1.82) is 0 Å². The minimum Gasteiger partial charge on any atom is -0.418 e. The number of anilines is 4. The first-order valence-corrected chi connectivity index (χ1v) is 10.4. The Balaban J connectivity index is 1.50. The van der Waals surface area contributed by atoms with E-state index in [9.17, 15) is 4.79 Å². The molecule has 1 aromatic carbocycles. The number of piperazine rings is 1. The molecule has 1 saturated heterocycles. The van der Waals surface area contributed by atoms with Crippen molar-refractivity contribution >= 4 is 41.1 Å². The van der Waals surface area contributed by atoms with Crippen LogP contribution in [-0.2, 0) is 6.42 Å². The smallest absolute Gasteiger partial charge is 0.302 e. The van der Waals surface area contributed by atoms with Crippen molar-refractivity contribution < 1.29 is 9.21 Å². The van der Waals surface area contributed by atoms with E-state index in [2.05, 4.69) is 40.8 Å². The Morgan fingerprint density at radius 3 is 2.81 bits per heavy atom. The molecule has 10 nitrogen and oxygen atoms in total. The van der Waals surface area contributed by atoms with Crippen molar-refractivity contribution in [2.45, 2.75) is 20.3 Å². The highest BCUT2D eigenvalue weighted by Gasteiger charge is 2.18. The summed E-state index contributed by atoms with van der Waals surface area (Å²) >= 11 is 6.18. The van der Waals surface area contributed by atoms with Gasteiger partial charge in [-0.25, -0.2) is 4.98 Å². The monoisotopic (exact) mass is 442 g/mol. The first-order valence-electron chi connectivity index (χ1n) is 10.0. The van der Waals surface area contributed by atoms with E-state index in [1.54, 1.807) is 6.07 Å². The number of nitrogens with one attached hydrogen (secondary N) is 3. The predicted octanol–water partition coefficient (Wildman–Crippen LogP) is 2.79. The number of benzene rings is 1. The van der Waals surface area contributed by atoms with Crippen LogP contribution in [0.1, 0.15) is 28.9 Å². The zero-order chi connectivity index (χ0) is 21.8. The van der Waals surface area contributed by atoms with Gasteiger partial charge in [-0.1, -0.05) is 30.7 Å². The van der Waals surface area contributed by atoms with Gasteiger partial charge in [0.05, 0.1) is 16.9 Å². The molecule has 31 heavy (non-hydrogen) atoms. The van der Waals surface area contributed by atoms with Crippen molar-refractivity contribution in [3.05, 3.63) is 46.6 Å². The second-order valence-electron chi connectivity index (χ2n) is 7.01. The van der Waals surface area contributed by atoms with E-state index in [4.69, 9.17) is 16.0 Å². The van der Waals surface area contributed by atoms with Gasteiger partial charge in [0.2, 0.25) is 17.7 Å². The Labute approximate surface area is 184 Å². The number of hydrogen-bond acceptors (Lipinski definition) is 9. The summed E-state index contributed by atoms with van der Waals surface area (Å²) in [5, 5.41) is 9.44. The van der Waals surface area contributed by atoms with E-state index >= 15 is 0 Å². The van der Waals surface area contributed by atoms with Crippen molar-refractivity contribution in [2.75, 3.05) is 41.7 Å². The highest BCUT2D eigenvalue weighted by Crippen LogP contribution is 2.26.